The highest BCUT2D eigenvalue weighted by Crippen LogP contribution is 2.15. The van der Waals surface area contributed by atoms with Gasteiger partial charge in [-0.25, -0.2) is 10.8 Å². The average Bonchev–Trinajstić information content (AvgIpc) is 2.48. The summed E-state index contributed by atoms with van der Waals surface area (Å²) in [5.41, 5.74) is 3.84. The van der Waals surface area contributed by atoms with Gasteiger partial charge in [0.25, 0.3) is 0 Å². The first kappa shape index (κ1) is 14.2. The zero-order valence-electron chi connectivity index (χ0n) is 12.0. The van der Waals surface area contributed by atoms with Gasteiger partial charge in [-0.3, -0.25) is 9.80 Å². The Bertz CT molecular complexity index is 387. The van der Waals surface area contributed by atoms with Gasteiger partial charge < -0.3 is 5.43 Å². The van der Waals surface area contributed by atoms with Crippen LogP contribution < -0.4 is 11.3 Å². The summed E-state index contributed by atoms with van der Waals surface area (Å²) in [7, 11) is 0. The number of aromatic nitrogens is 1. The van der Waals surface area contributed by atoms with Gasteiger partial charge in [-0.05, 0) is 19.4 Å². The summed E-state index contributed by atoms with van der Waals surface area (Å²) in [6.07, 6.45) is 2.99. The lowest BCUT2D eigenvalue weighted by Gasteiger charge is -2.37. The van der Waals surface area contributed by atoms with E-state index >= 15 is 0 Å². The van der Waals surface area contributed by atoms with Gasteiger partial charge in [0.15, 0.2) is 0 Å². The summed E-state index contributed by atoms with van der Waals surface area (Å²) >= 11 is 0. The van der Waals surface area contributed by atoms with Gasteiger partial charge in [0.2, 0.25) is 0 Å². The van der Waals surface area contributed by atoms with Crippen LogP contribution in [0.25, 0.3) is 0 Å². The number of hydrogen-bond donors (Lipinski definition) is 2. The van der Waals surface area contributed by atoms with E-state index in [1.807, 2.05) is 6.07 Å². The van der Waals surface area contributed by atoms with Gasteiger partial charge in [0, 0.05) is 50.5 Å². The van der Waals surface area contributed by atoms with Crippen LogP contribution in [0.3, 0.4) is 0 Å². The van der Waals surface area contributed by atoms with E-state index in [9.17, 15) is 0 Å². The fraction of sp³-hybridized carbons (Fsp3) is 0.643. The monoisotopic (exact) mass is 263 g/mol. The molecule has 1 aliphatic rings. The van der Waals surface area contributed by atoms with Crippen molar-refractivity contribution in [3.63, 3.8) is 0 Å². The largest absolute Gasteiger partial charge is 0.308 e. The van der Waals surface area contributed by atoms with Crippen LogP contribution in [-0.4, -0.2) is 47.0 Å². The van der Waals surface area contributed by atoms with Crippen molar-refractivity contribution in [2.75, 3.05) is 31.6 Å². The van der Waals surface area contributed by atoms with Gasteiger partial charge in [-0.1, -0.05) is 13.0 Å². The van der Waals surface area contributed by atoms with Gasteiger partial charge in [0.05, 0.1) is 0 Å². The summed E-state index contributed by atoms with van der Waals surface area (Å²) in [6, 6.07) is 4.75. The number of nitrogens with zero attached hydrogens (tertiary/aromatic N) is 3. The van der Waals surface area contributed by atoms with Crippen LogP contribution in [0.15, 0.2) is 18.3 Å². The van der Waals surface area contributed by atoms with Crippen LogP contribution in [0.2, 0.25) is 0 Å². The molecular weight excluding hydrogens is 238 g/mol. The maximum atomic E-state index is 5.50. The fourth-order valence-corrected chi connectivity index (χ4v) is 2.56. The van der Waals surface area contributed by atoms with Gasteiger partial charge >= 0.3 is 0 Å². The minimum absolute atomic E-state index is 0.696. The van der Waals surface area contributed by atoms with Gasteiger partial charge in [0.1, 0.15) is 5.82 Å². The molecule has 0 spiro atoms. The summed E-state index contributed by atoms with van der Waals surface area (Å²) in [6.45, 7) is 10.0. The van der Waals surface area contributed by atoms with Crippen LogP contribution >= 0.6 is 0 Å². The first-order valence-corrected chi connectivity index (χ1v) is 7.11. The van der Waals surface area contributed by atoms with E-state index in [0.29, 0.717) is 6.04 Å². The Kier molecular flexibility index (Phi) is 5.13. The number of pyridine rings is 1. The maximum Gasteiger partial charge on any atom is 0.144 e. The first-order chi connectivity index (χ1) is 9.24. The molecule has 0 aromatic carbocycles. The van der Waals surface area contributed by atoms with Crippen molar-refractivity contribution in [1.29, 1.82) is 0 Å². The lowest BCUT2D eigenvalue weighted by Crippen LogP contribution is -2.49. The molecule has 0 radical (unpaired) electrons. The van der Waals surface area contributed by atoms with Gasteiger partial charge in [-0.2, -0.15) is 0 Å². The number of rotatable bonds is 5. The predicted octanol–water partition coefficient (Wildman–Crippen LogP) is 1.28. The van der Waals surface area contributed by atoms with Gasteiger partial charge in [-0.15, -0.1) is 0 Å². The number of nitrogen functional groups attached to an aromatic ring is 1. The molecule has 1 atom stereocenters. The Hall–Kier alpha value is -1.17. The Labute approximate surface area is 115 Å². The van der Waals surface area contributed by atoms with Crippen LogP contribution in [0, 0.1) is 0 Å². The van der Waals surface area contributed by atoms with E-state index < -0.39 is 0 Å². The van der Waals surface area contributed by atoms with Crippen molar-refractivity contribution in [3.05, 3.63) is 23.9 Å². The fourth-order valence-electron chi connectivity index (χ4n) is 2.56. The molecule has 2 rings (SSSR count). The average molecular weight is 263 g/mol. The summed E-state index contributed by atoms with van der Waals surface area (Å²) in [4.78, 5) is 9.29. The molecule has 0 amide bonds. The van der Waals surface area contributed by atoms with Crippen LogP contribution in [-0.2, 0) is 6.54 Å². The standard InChI is InChI=1S/C14H25N5/c1-3-12(2)19-9-7-18(8-10-19)11-13-5-4-6-16-14(13)17-15/h4-6,12H,3,7-11,15H2,1-2H3,(H,16,17). The van der Waals surface area contributed by atoms with Crippen molar-refractivity contribution in [2.24, 2.45) is 5.84 Å². The number of anilines is 1. The molecule has 19 heavy (non-hydrogen) atoms. The second kappa shape index (κ2) is 6.84. The van der Waals surface area contributed by atoms with Crippen molar-refractivity contribution in [2.45, 2.75) is 32.9 Å². The third-order valence-corrected chi connectivity index (χ3v) is 4.04. The lowest BCUT2D eigenvalue weighted by molar-refractivity contribution is 0.0964. The Morgan fingerprint density at radius 2 is 2.11 bits per heavy atom. The second-order valence-corrected chi connectivity index (χ2v) is 5.22. The molecule has 1 aromatic rings. The molecule has 1 aromatic heterocycles. The minimum Gasteiger partial charge on any atom is -0.308 e. The quantitative estimate of drug-likeness (QED) is 0.619. The van der Waals surface area contributed by atoms with Crippen LogP contribution in [0.5, 0.6) is 0 Å². The number of nitrogens with two attached hydrogens (primary N) is 1. The summed E-state index contributed by atoms with van der Waals surface area (Å²) in [5, 5.41) is 0. The molecule has 1 saturated heterocycles. The minimum atomic E-state index is 0.696. The highest BCUT2D eigenvalue weighted by molar-refractivity contribution is 5.42. The predicted molar refractivity (Wildman–Crippen MR) is 78.7 cm³/mol. The molecular formula is C14H25N5. The van der Waals surface area contributed by atoms with Crippen LogP contribution in [0.1, 0.15) is 25.8 Å². The molecule has 1 unspecified atom stereocenters. The van der Waals surface area contributed by atoms with Crippen molar-refractivity contribution < 1.29 is 0 Å². The summed E-state index contributed by atoms with van der Waals surface area (Å²) < 4.78 is 0. The SMILES string of the molecule is CCC(C)N1CCN(Cc2cccnc2NN)CC1. The molecule has 0 saturated carbocycles. The Balaban J connectivity index is 1.89. The number of hydrogen-bond acceptors (Lipinski definition) is 5. The lowest BCUT2D eigenvalue weighted by atomic mass is 10.1. The molecule has 2 heterocycles. The van der Waals surface area contributed by atoms with Crippen LogP contribution in [0.4, 0.5) is 5.82 Å². The normalized spacial score (nSPS) is 19.3. The second-order valence-electron chi connectivity index (χ2n) is 5.22. The molecule has 0 bridgehead atoms. The van der Waals surface area contributed by atoms with E-state index in [0.717, 1.165) is 38.5 Å². The highest BCUT2D eigenvalue weighted by Gasteiger charge is 2.20. The van der Waals surface area contributed by atoms with E-state index in [-0.39, 0.29) is 0 Å². The van der Waals surface area contributed by atoms with E-state index in [4.69, 9.17) is 5.84 Å². The van der Waals surface area contributed by atoms with Crippen molar-refractivity contribution in [1.82, 2.24) is 14.8 Å². The third-order valence-electron chi connectivity index (χ3n) is 4.04. The zero-order chi connectivity index (χ0) is 13.7. The molecule has 1 fully saturated rings. The van der Waals surface area contributed by atoms with Crippen molar-refractivity contribution >= 4 is 5.82 Å². The topological polar surface area (TPSA) is 57.4 Å². The zero-order valence-corrected chi connectivity index (χ0v) is 12.0. The molecule has 0 aliphatic carbocycles. The number of hydrazine groups is 1. The number of piperazine rings is 1. The Morgan fingerprint density at radius 1 is 1.37 bits per heavy atom. The third kappa shape index (κ3) is 3.65. The number of nitrogens with one attached hydrogen (secondary N) is 1. The van der Waals surface area contributed by atoms with E-state index in [2.05, 4.69) is 40.1 Å². The highest BCUT2D eigenvalue weighted by atomic mass is 15.3. The smallest absolute Gasteiger partial charge is 0.144 e. The van der Waals surface area contributed by atoms with Crippen molar-refractivity contribution in [3.8, 4) is 0 Å². The van der Waals surface area contributed by atoms with E-state index in [1.54, 1.807) is 6.20 Å². The molecule has 3 N–H and O–H groups in total. The summed E-state index contributed by atoms with van der Waals surface area (Å²) in [5.74, 6) is 6.28. The molecule has 5 heteroatoms. The molecule has 5 nitrogen and oxygen atoms in total. The molecule has 1 aliphatic heterocycles. The maximum absolute atomic E-state index is 5.50. The molecule has 106 valence electrons. The van der Waals surface area contributed by atoms with E-state index in [1.165, 1.54) is 12.0 Å². The Morgan fingerprint density at radius 3 is 2.74 bits per heavy atom. The first-order valence-electron chi connectivity index (χ1n) is 7.11.